The van der Waals surface area contributed by atoms with Gasteiger partial charge in [0.15, 0.2) is 6.61 Å². The molecule has 0 aromatic carbocycles. The van der Waals surface area contributed by atoms with E-state index >= 15 is 0 Å². The number of nitriles is 1. The Morgan fingerprint density at radius 2 is 2.00 bits per heavy atom. The van der Waals surface area contributed by atoms with E-state index in [-0.39, 0.29) is 19.1 Å². The summed E-state index contributed by atoms with van der Waals surface area (Å²) in [6.45, 7) is 4.19. The zero-order valence-corrected chi connectivity index (χ0v) is 16.0. The normalized spacial score (nSPS) is 19.8. The lowest BCUT2D eigenvalue weighted by Gasteiger charge is -2.19. The maximum Gasteiger partial charge on any atom is 0.308 e. The first-order valence-corrected chi connectivity index (χ1v) is 9.69. The van der Waals surface area contributed by atoms with Crippen molar-refractivity contribution in [3.8, 4) is 6.07 Å². The van der Waals surface area contributed by atoms with Crippen LogP contribution in [0.4, 0.5) is 5.82 Å². The minimum atomic E-state index is -0.434. The molecule has 1 saturated heterocycles. The molecule has 0 radical (unpaired) electrons. The second-order valence-corrected chi connectivity index (χ2v) is 7.40. The van der Waals surface area contributed by atoms with Crippen molar-refractivity contribution in [1.82, 2.24) is 4.57 Å². The van der Waals surface area contributed by atoms with Gasteiger partial charge in [0.1, 0.15) is 11.9 Å². The van der Waals surface area contributed by atoms with Gasteiger partial charge in [-0.2, -0.15) is 5.26 Å². The standard InChI is InChI=1S/C20H27N3O4/c1-13-14(2)23(15-6-3-4-7-15)20(17(13)11-21)22-18(24)12-27-19(25)10-16-8-5-9-26-16/h15-16H,3-10,12H2,1-2H3,(H,22,24)/t16-/m1/s1. The highest BCUT2D eigenvalue weighted by molar-refractivity contribution is 5.93. The van der Waals surface area contributed by atoms with Crippen molar-refractivity contribution >= 4 is 17.7 Å². The number of esters is 1. The highest BCUT2D eigenvalue weighted by atomic mass is 16.5. The van der Waals surface area contributed by atoms with Crippen molar-refractivity contribution in [2.45, 2.75) is 70.9 Å². The molecule has 2 aliphatic rings. The van der Waals surface area contributed by atoms with Gasteiger partial charge in [-0.05, 0) is 45.1 Å². The fraction of sp³-hybridized carbons (Fsp3) is 0.650. The first-order chi connectivity index (χ1) is 13.0. The molecule has 1 saturated carbocycles. The summed E-state index contributed by atoms with van der Waals surface area (Å²) in [5.74, 6) is -0.334. The SMILES string of the molecule is Cc1c(C#N)c(NC(=O)COC(=O)C[C@H]2CCCO2)n(C2CCCC2)c1C. The minimum Gasteiger partial charge on any atom is -0.455 e. The molecule has 0 bridgehead atoms. The van der Waals surface area contributed by atoms with Crippen LogP contribution in [0.5, 0.6) is 0 Å². The van der Waals surface area contributed by atoms with Gasteiger partial charge in [-0.3, -0.25) is 9.59 Å². The van der Waals surface area contributed by atoms with Crippen LogP contribution in [0.15, 0.2) is 0 Å². The van der Waals surface area contributed by atoms with E-state index in [1.165, 1.54) is 0 Å². The van der Waals surface area contributed by atoms with Gasteiger partial charge in [-0.1, -0.05) is 12.8 Å². The zero-order chi connectivity index (χ0) is 19.4. The Morgan fingerprint density at radius 3 is 2.63 bits per heavy atom. The van der Waals surface area contributed by atoms with Crippen LogP contribution >= 0.6 is 0 Å². The van der Waals surface area contributed by atoms with E-state index in [9.17, 15) is 14.9 Å². The van der Waals surface area contributed by atoms with E-state index in [2.05, 4.69) is 16.0 Å². The molecule has 1 aliphatic carbocycles. The summed E-state index contributed by atoms with van der Waals surface area (Å²) in [4.78, 5) is 24.2. The van der Waals surface area contributed by atoms with Gasteiger partial charge >= 0.3 is 5.97 Å². The number of anilines is 1. The summed E-state index contributed by atoms with van der Waals surface area (Å²) in [5.41, 5.74) is 2.37. The monoisotopic (exact) mass is 373 g/mol. The molecule has 1 aromatic rings. The number of nitrogens with one attached hydrogen (secondary N) is 1. The number of rotatable bonds is 6. The van der Waals surface area contributed by atoms with E-state index in [4.69, 9.17) is 9.47 Å². The summed E-state index contributed by atoms with van der Waals surface area (Å²) >= 11 is 0. The summed E-state index contributed by atoms with van der Waals surface area (Å²) in [6.07, 6.45) is 6.25. The number of hydrogen-bond donors (Lipinski definition) is 1. The number of nitrogens with zero attached hydrogens (tertiary/aromatic N) is 2. The lowest BCUT2D eigenvalue weighted by Crippen LogP contribution is -2.25. The molecule has 2 fully saturated rings. The van der Waals surface area contributed by atoms with Gasteiger partial charge in [0.05, 0.1) is 18.1 Å². The minimum absolute atomic E-state index is 0.101. The molecule has 7 heteroatoms. The summed E-state index contributed by atoms with van der Waals surface area (Å²) in [6, 6.07) is 2.50. The smallest absolute Gasteiger partial charge is 0.308 e. The third-order valence-corrected chi connectivity index (χ3v) is 5.60. The number of amides is 1. The van der Waals surface area contributed by atoms with Gasteiger partial charge in [0.25, 0.3) is 5.91 Å². The third kappa shape index (κ3) is 4.33. The zero-order valence-electron chi connectivity index (χ0n) is 16.0. The number of carbonyl (C=O) groups is 2. The molecule has 146 valence electrons. The van der Waals surface area contributed by atoms with Crippen LogP contribution in [0.3, 0.4) is 0 Å². The van der Waals surface area contributed by atoms with Crippen LogP contribution in [0.25, 0.3) is 0 Å². The molecular weight excluding hydrogens is 346 g/mol. The Morgan fingerprint density at radius 1 is 1.26 bits per heavy atom. The van der Waals surface area contributed by atoms with E-state index in [0.717, 1.165) is 49.8 Å². The number of carbonyl (C=O) groups excluding carboxylic acids is 2. The molecule has 0 spiro atoms. The molecule has 1 N–H and O–H groups in total. The second kappa shape index (κ2) is 8.57. The van der Waals surface area contributed by atoms with Crippen molar-refractivity contribution in [3.05, 3.63) is 16.8 Å². The summed E-state index contributed by atoms with van der Waals surface area (Å²) in [7, 11) is 0. The van der Waals surface area contributed by atoms with Gasteiger partial charge < -0.3 is 19.4 Å². The first-order valence-electron chi connectivity index (χ1n) is 9.69. The quantitative estimate of drug-likeness (QED) is 0.773. The van der Waals surface area contributed by atoms with Gasteiger partial charge in [-0.25, -0.2) is 0 Å². The van der Waals surface area contributed by atoms with Crippen LogP contribution in [-0.4, -0.2) is 35.8 Å². The van der Waals surface area contributed by atoms with Crippen molar-refractivity contribution < 1.29 is 19.1 Å². The topological polar surface area (TPSA) is 93.3 Å². The first kappa shape index (κ1) is 19.4. The number of hydrogen-bond acceptors (Lipinski definition) is 5. The van der Waals surface area contributed by atoms with Gasteiger partial charge in [0, 0.05) is 18.3 Å². The molecule has 7 nitrogen and oxygen atoms in total. The van der Waals surface area contributed by atoms with Crippen molar-refractivity contribution in [2.75, 3.05) is 18.5 Å². The molecule has 1 atom stereocenters. The Kier molecular flexibility index (Phi) is 6.17. The lowest BCUT2D eigenvalue weighted by molar-refractivity contribution is -0.149. The fourth-order valence-corrected chi connectivity index (χ4v) is 4.07. The Balaban J connectivity index is 1.65. The highest BCUT2D eigenvalue weighted by Crippen LogP contribution is 2.37. The van der Waals surface area contributed by atoms with Crippen LogP contribution in [0.2, 0.25) is 0 Å². The fourth-order valence-electron chi connectivity index (χ4n) is 4.07. The van der Waals surface area contributed by atoms with E-state index < -0.39 is 11.9 Å². The number of ether oxygens (including phenoxy) is 2. The largest absolute Gasteiger partial charge is 0.455 e. The van der Waals surface area contributed by atoms with E-state index in [1.807, 2.05) is 13.8 Å². The van der Waals surface area contributed by atoms with Crippen molar-refractivity contribution in [3.63, 3.8) is 0 Å². The van der Waals surface area contributed by atoms with E-state index in [0.29, 0.717) is 24.0 Å². The Labute approximate surface area is 159 Å². The molecular formula is C20H27N3O4. The van der Waals surface area contributed by atoms with Crippen LogP contribution < -0.4 is 5.32 Å². The predicted octanol–water partition coefficient (Wildman–Crippen LogP) is 3.14. The predicted molar refractivity (Wildman–Crippen MR) is 99.3 cm³/mol. The highest BCUT2D eigenvalue weighted by Gasteiger charge is 2.27. The van der Waals surface area contributed by atoms with Crippen LogP contribution in [-0.2, 0) is 19.1 Å². The average Bonchev–Trinajstić information content (AvgIpc) is 3.37. The van der Waals surface area contributed by atoms with Gasteiger partial charge in [-0.15, -0.1) is 0 Å². The van der Waals surface area contributed by atoms with E-state index in [1.54, 1.807) is 0 Å². The summed E-state index contributed by atoms with van der Waals surface area (Å²) in [5, 5.41) is 12.4. The van der Waals surface area contributed by atoms with Crippen molar-refractivity contribution in [1.29, 1.82) is 5.26 Å². The maximum atomic E-state index is 12.4. The molecule has 2 heterocycles. The Hall–Kier alpha value is -2.33. The van der Waals surface area contributed by atoms with Crippen LogP contribution in [0.1, 0.15) is 67.8 Å². The average molecular weight is 373 g/mol. The lowest BCUT2D eigenvalue weighted by atomic mass is 10.2. The molecule has 1 aliphatic heterocycles. The third-order valence-electron chi connectivity index (χ3n) is 5.60. The molecule has 0 unspecified atom stereocenters. The molecule has 1 amide bonds. The van der Waals surface area contributed by atoms with Gasteiger partial charge in [0.2, 0.25) is 0 Å². The molecule has 27 heavy (non-hydrogen) atoms. The maximum absolute atomic E-state index is 12.4. The Bertz CT molecular complexity index is 750. The molecule has 1 aromatic heterocycles. The molecule has 3 rings (SSSR count). The second-order valence-electron chi connectivity index (χ2n) is 7.40. The van der Waals surface area contributed by atoms with Crippen molar-refractivity contribution in [2.24, 2.45) is 0 Å². The van der Waals surface area contributed by atoms with Crippen LogP contribution in [0, 0.1) is 25.2 Å². The number of aromatic nitrogens is 1. The summed E-state index contributed by atoms with van der Waals surface area (Å²) < 4.78 is 12.6.